The Morgan fingerprint density at radius 1 is 1.25 bits per heavy atom. The molecule has 0 aliphatic carbocycles. The van der Waals surface area contributed by atoms with E-state index < -0.39 is 0 Å². The summed E-state index contributed by atoms with van der Waals surface area (Å²) in [5, 5.41) is 3.82. The third kappa shape index (κ3) is 3.79. The van der Waals surface area contributed by atoms with Crippen LogP contribution in [0.4, 0.5) is 4.39 Å². The van der Waals surface area contributed by atoms with Crippen molar-refractivity contribution in [2.75, 3.05) is 26.2 Å². The van der Waals surface area contributed by atoms with E-state index >= 15 is 0 Å². The highest BCUT2D eigenvalue weighted by Crippen LogP contribution is 2.20. The molecule has 2 heterocycles. The van der Waals surface area contributed by atoms with E-state index in [4.69, 9.17) is 4.52 Å². The summed E-state index contributed by atoms with van der Waals surface area (Å²) in [6.07, 6.45) is 0.304. The number of nitrogens with zero attached hydrogens (tertiary/aromatic N) is 4. The minimum atomic E-state index is -0.287. The first-order valence-corrected chi connectivity index (χ1v) is 8.09. The van der Waals surface area contributed by atoms with Crippen LogP contribution in [-0.4, -0.2) is 52.0 Å². The molecule has 6 nitrogen and oxygen atoms in total. The summed E-state index contributed by atoms with van der Waals surface area (Å²) in [7, 11) is 0. The molecule has 1 aliphatic heterocycles. The Kier molecular flexibility index (Phi) is 4.89. The number of hydrogen-bond acceptors (Lipinski definition) is 5. The van der Waals surface area contributed by atoms with Crippen LogP contribution in [0.3, 0.4) is 0 Å². The molecule has 1 atom stereocenters. The summed E-state index contributed by atoms with van der Waals surface area (Å²) in [6, 6.07) is 6.12. The number of aromatic nitrogens is 2. The maximum absolute atomic E-state index is 12.9. The van der Waals surface area contributed by atoms with Crippen molar-refractivity contribution < 1.29 is 13.7 Å². The van der Waals surface area contributed by atoms with Crippen molar-refractivity contribution in [3.8, 4) is 0 Å². The second-order valence-corrected chi connectivity index (χ2v) is 6.08. The van der Waals surface area contributed by atoms with Gasteiger partial charge in [0.25, 0.3) is 0 Å². The normalized spacial score (nSPS) is 17.0. The van der Waals surface area contributed by atoms with E-state index in [0.29, 0.717) is 31.2 Å². The van der Waals surface area contributed by atoms with E-state index in [1.807, 2.05) is 11.8 Å². The number of halogens is 1. The molecule has 24 heavy (non-hydrogen) atoms. The van der Waals surface area contributed by atoms with E-state index in [2.05, 4.69) is 15.0 Å². The van der Waals surface area contributed by atoms with E-state index in [1.54, 1.807) is 19.1 Å². The van der Waals surface area contributed by atoms with E-state index in [0.717, 1.165) is 18.7 Å². The predicted molar refractivity (Wildman–Crippen MR) is 85.7 cm³/mol. The number of carbonyl (C=O) groups excluding carboxylic acids is 1. The van der Waals surface area contributed by atoms with Crippen molar-refractivity contribution in [1.82, 2.24) is 19.9 Å². The zero-order chi connectivity index (χ0) is 17.1. The molecule has 0 radical (unpaired) electrons. The summed E-state index contributed by atoms with van der Waals surface area (Å²) in [5.74, 6) is 1.02. The van der Waals surface area contributed by atoms with Gasteiger partial charge in [-0.3, -0.25) is 9.69 Å². The number of carbonyl (C=O) groups is 1. The molecule has 0 spiro atoms. The van der Waals surface area contributed by atoms with E-state index in [1.165, 1.54) is 12.1 Å². The van der Waals surface area contributed by atoms with Crippen molar-refractivity contribution in [3.63, 3.8) is 0 Å². The third-order valence-electron chi connectivity index (χ3n) is 4.38. The molecule has 1 amide bonds. The van der Waals surface area contributed by atoms with Gasteiger partial charge in [0.2, 0.25) is 11.8 Å². The van der Waals surface area contributed by atoms with Gasteiger partial charge in [0, 0.05) is 26.2 Å². The van der Waals surface area contributed by atoms with E-state index in [9.17, 15) is 9.18 Å². The van der Waals surface area contributed by atoms with Crippen LogP contribution in [-0.2, 0) is 11.2 Å². The zero-order valence-corrected chi connectivity index (χ0v) is 13.9. The van der Waals surface area contributed by atoms with Gasteiger partial charge in [-0.05, 0) is 31.5 Å². The lowest BCUT2D eigenvalue weighted by molar-refractivity contribution is -0.132. The SMILES string of the molecule is Cc1noc([C@@H](C)N2CCN(C(=O)Cc3ccc(F)cc3)CC2)n1. The van der Waals surface area contributed by atoms with Crippen LogP contribution in [0.1, 0.15) is 30.2 Å². The zero-order valence-electron chi connectivity index (χ0n) is 13.9. The molecule has 0 N–H and O–H groups in total. The molecule has 1 aromatic heterocycles. The van der Waals surface area contributed by atoms with Crippen LogP contribution < -0.4 is 0 Å². The number of amides is 1. The number of rotatable bonds is 4. The molecule has 3 rings (SSSR count). The van der Waals surface area contributed by atoms with Crippen molar-refractivity contribution >= 4 is 5.91 Å². The smallest absolute Gasteiger partial charge is 0.243 e. The number of benzene rings is 1. The molecular formula is C17H21FN4O2. The number of hydrogen-bond donors (Lipinski definition) is 0. The molecule has 1 saturated heterocycles. The Labute approximate surface area is 140 Å². The molecule has 7 heteroatoms. The monoisotopic (exact) mass is 332 g/mol. The molecule has 128 valence electrons. The van der Waals surface area contributed by atoms with Crippen molar-refractivity contribution in [1.29, 1.82) is 0 Å². The van der Waals surface area contributed by atoms with Crippen LogP contribution in [0.15, 0.2) is 28.8 Å². The Balaban J connectivity index is 1.52. The molecule has 1 aliphatic rings. The quantitative estimate of drug-likeness (QED) is 0.856. The standard InChI is InChI=1S/C17H21FN4O2/c1-12(17-19-13(2)20-24-17)21-7-9-22(10-8-21)16(23)11-14-3-5-15(18)6-4-14/h3-6,12H,7-11H2,1-2H3/t12-/m1/s1. The van der Waals surface area contributed by atoms with Gasteiger partial charge in [0.15, 0.2) is 5.82 Å². The average Bonchev–Trinajstić information content (AvgIpc) is 3.03. The molecule has 1 aromatic carbocycles. The first kappa shape index (κ1) is 16.6. The maximum atomic E-state index is 12.9. The number of aryl methyl sites for hydroxylation is 1. The molecule has 1 fully saturated rings. The predicted octanol–water partition coefficient (Wildman–Crippen LogP) is 1.97. The first-order chi connectivity index (χ1) is 11.5. The Bertz CT molecular complexity index is 693. The van der Waals surface area contributed by atoms with Crippen LogP contribution in [0.2, 0.25) is 0 Å². The molecule has 2 aromatic rings. The fourth-order valence-corrected chi connectivity index (χ4v) is 2.89. The Morgan fingerprint density at radius 2 is 1.92 bits per heavy atom. The van der Waals surface area contributed by atoms with Gasteiger partial charge in [0.05, 0.1) is 12.5 Å². The minimum Gasteiger partial charge on any atom is -0.340 e. The Morgan fingerprint density at radius 3 is 2.50 bits per heavy atom. The minimum absolute atomic E-state index is 0.0422. The lowest BCUT2D eigenvalue weighted by Crippen LogP contribution is -2.49. The summed E-state index contributed by atoms with van der Waals surface area (Å²) < 4.78 is 18.1. The van der Waals surface area contributed by atoms with Gasteiger partial charge in [-0.2, -0.15) is 4.98 Å². The van der Waals surface area contributed by atoms with Gasteiger partial charge < -0.3 is 9.42 Å². The molecule has 0 saturated carbocycles. The van der Waals surface area contributed by atoms with Crippen molar-refractivity contribution in [2.24, 2.45) is 0 Å². The maximum Gasteiger partial charge on any atom is 0.243 e. The van der Waals surface area contributed by atoms with Gasteiger partial charge in [-0.1, -0.05) is 17.3 Å². The highest BCUT2D eigenvalue weighted by atomic mass is 19.1. The van der Waals surface area contributed by atoms with Crippen LogP contribution >= 0.6 is 0 Å². The van der Waals surface area contributed by atoms with Gasteiger partial charge >= 0.3 is 0 Å². The molecule has 0 bridgehead atoms. The largest absolute Gasteiger partial charge is 0.340 e. The lowest BCUT2D eigenvalue weighted by Gasteiger charge is -2.36. The highest BCUT2D eigenvalue weighted by molar-refractivity contribution is 5.78. The van der Waals surface area contributed by atoms with Crippen LogP contribution in [0.5, 0.6) is 0 Å². The summed E-state index contributed by atoms with van der Waals surface area (Å²) >= 11 is 0. The average molecular weight is 332 g/mol. The van der Waals surface area contributed by atoms with Crippen LogP contribution in [0.25, 0.3) is 0 Å². The molecular weight excluding hydrogens is 311 g/mol. The second kappa shape index (κ2) is 7.09. The summed E-state index contributed by atoms with van der Waals surface area (Å²) in [6.45, 7) is 6.68. The molecule has 0 unspecified atom stereocenters. The van der Waals surface area contributed by atoms with Gasteiger partial charge in [-0.25, -0.2) is 4.39 Å². The van der Waals surface area contributed by atoms with Gasteiger partial charge in [-0.15, -0.1) is 0 Å². The lowest BCUT2D eigenvalue weighted by atomic mass is 10.1. The van der Waals surface area contributed by atoms with Crippen molar-refractivity contribution in [2.45, 2.75) is 26.3 Å². The fraction of sp³-hybridized carbons (Fsp3) is 0.471. The number of piperazine rings is 1. The fourth-order valence-electron chi connectivity index (χ4n) is 2.89. The van der Waals surface area contributed by atoms with E-state index in [-0.39, 0.29) is 17.8 Å². The van der Waals surface area contributed by atoms with Gasteiger partial charge in [0.1, 0.15) is 5.82 Å². The summed E-state index contributed by atoms with van der Waals surface area (Å²) in [4.78, 5) is 20.7. The third-order valence-corrected chi connectivity index (χ3v) is 4.38. The van der Waals surface area contributed by atoms with Crippen LogP contribution in [0, 0.1) is 12.7 Å². The second-order valence-electron chi connectivity index (χ2n) is 6.08. The topological polar surface area (TPSA) is 62.5 Å². The highest BCUT2D eigenvalue weighted by Gasteiger charge is 2.27. The van der Waals surface area contributed by atoms with Crippen molar-refractivity contribution in [3.05, 3.63) is 47.4 Å². The first-order valence-electron chi connectivity index (χ1n) is 8.09. The summed E-state index contributed by atoms with van der Waals surface area (Å²) in [5.41, 5.74) is 0.832. The Hall–Kier alpha value is -2.28.